The quantitative estimate of drug-likeness (QED) is 0.236. The third kappa shape index (κ3) is 12.2. The summed E-state index contributed by atoms with van der Waals surface area (Å²) in [6.07, 6.45) is 7.03. The average Bonchev–Trinajstić information content (AvgIpc) is 2.95. The standard InChI is InChI=1S/C15H31N3O2.HI/c1-2-3-4-5-8-17-15(16)18-9-6-10-19-12-14-7-11-20-13-14;/h14H,2-13H2,1H3,(H3,16,17,18);1H. The maximum Gasteiger partial charge on any atom is 0.188 e. The highest BCUT2D eigenvalue weighted by Gasteiger charge is 2.14. The van der Waals surface area contributed by atoms with Gasteiger partial charge in [0.15, 0.2) is 5.96 Å². The lowest BCUT2D eigenvalue weighted by Gasteiger charge is -2.08. The molecule has 21 heavy (non-hydrogen) atoms. The average molecular weight is 413 g/mol. The topological polar surface area (TPSA) is 68.9 Å². The van der Waals surface area contributed by atoms with E-state index in [0.717, 1.165) is 58.8 Å². The largest absolute Gasteiger partial charge is 0.381 e. The van der Waals surface area contributed by atoms with Crippen LogP contribution in [0.2, 0.25) is 0 Å². The lowest BCUT2D eigenvalue weighted by molar-refractivity contribution is 0.0893. The molecule has 1 atom stereocenters. The molecule has 0 spiro atoms. The van der Waals surface area contributed by atoms with Crippen LogP contribution in [0.1, 0.15) is 45.4 Å². The van der Waals surface area contributed by atoms with E-state index >= 15 is 0 Å². The number of unbranched alkanes of at least 4 members (excludes halogenated alkanes) is 3. The normalized spacial score (nSPS) is 18.5. The summed E-state index contributed by atoms with van der Waals surface area (Å²) in [7, 11) is 0. The minimum atomic E-state index is 0. The number of halogens is 1. The van der Waals surface area contributed by atoms with Crippen LogP contribution in [0.5, 0.6) is 0 Å². The Hall–Kier alpha value is -0.0800. The van der Waals surface area contributed by atoms with Crippen molar-refractivity contribution in [3.8, 4) is 0 Å². The van der Waals surface area contributed by atoms with Crippen LogP contribution in [0.3, 0.4) is 0 Å². The molecule has 0 bridgehead atoms. The fourth-order valence-corrected chi connectivity index (χ4v) is 2.16. The molecule has 1 rings (SSSR count). The van der Waals surface area contributed by atoms with Crippen molar-refractivity contribution in [3.63, 3.8) is 0 Å². The van der Waals surface area contributed by atoms with Gasteiger partial charge >= 0.3 is 0 Å². The number of hydrogen-bond acceptors (Lipinski definition) is 3. The second-order valence-corrected chi connectivity index (χ2v) is 5.41. The summed E-state index contributed by atoms with van der Waals surface area (Å²) < 4.78 is 10.9. The Kier molecular flexibility index (Phi) is 14.8. The molecule has 0 aliphatic carbocycles. The van der Waals surface area contributed by atoms with Crippen molar-refractivity contribution >= 4 is 29.9 Å². The summed E-state index contributed by atoms with van der Waals surface area (Å²) in [5.74, 6) is 1.15. The fraction of sp³-hybridized carbons (Fsp3) is 0.933. The van der Waals surface area contributed by atoms with Crippen LogP contribution in [0, 0.1) is 5.92 Å². The molecule has 0 aromatic heterocycles. The zero-order valence-corrected chi connectivity index (χ0v) is 15.6. The summed E-state index contributed by atoms with van der Waals surface area (Å²) in [5.41, 5.74) is 5.78. The highest BCUT2D eigenvalue weighted by atomic mass is 127. The first-order chi connectivity index (χ1) is 9.83. The molecule has 0 aromatic rings. The Labute approximate surface area is 146 Å². The number of nitrogens with one attached hydrogen (secondary N) is 1. The predicted molar refractivity (Wildman–Crippen MR) is 98.4 cm³/mol. The van der Waals surface area contributed by atoms with E-state index in [9.17, 15) is 0 Å². The van der Waals surface area contributed by atoms with Gasteiger partial charge in [0.05, 0.1) is 13.2 Å². The summed E-state index contributed by atoms with van der Waals surface area (Å²) in [5, 5.41) is 3.15. The molecular weight excluding hydrogens is 381 g/mol. The molecule has 5 nitrogen and oxygen atoms in total. The molecule has 6 heteroatoms. The van der Waals surface area contributed by atoms with E-state index in [1.54, 1.807) is 0 Å². The van der Waals surface area contributed by atoms with Crippen LogP contribution >= 0.6 is 24.0 Å². The number of rotatable bonds is 11. The van der Waals surface area contributed by atoms with Gasteiger partial charge in [-0.05, 0) is 19.3 Å². The number of ether oxygens (including phenoxy) is 2. The molecule has 1 unspecified atom stereocenters. The summed E-state index contributed by atoms with van der Waals surface area (Å²) in [4.78, 5) is 4.29. The van der Waals surface area contributed by atoms with Gasteiger partial charge in [0.2, 0.25) is 0 Å². The predicted octanol–water partition coefficient (Wildman–Crippen LogP) is 2.53. The second kappa shape index (κ2) is 14.8. The lowest BCUT2D eigenvalue weighted by Crippen LogP contribution is -2.32. The Balaban J connectivity index is 0.00000400. The van der Waals surface area contributed by atoms with Crippen molar-refractivity contribution in [2.24, 2.45) is 16.6 Å². The van der Waals surface area contributed by atoms with Crippen LogP contribution in [0.4, 0.5) is 0 Å². The zero-order chi connectivity index (χ0) is 14.5. The number of hydrogen-bond donors (Lipinski definition) is 2. The Morgan fingerprint density at radius 1 is 1.33 bits per heavy atom. The van der Waals surface area contributed by atoms with Gasteiger partial charge < -0.3 is 20.5 Å². The molecule has 1 saturated heterocycles. The molecule has 1 aliphatic rings. The zero-order valence-electron chi connectivity index (χ0n) is 13.3. The van der Waals surface area contributed by atoms with Gasteiger partial charge in [-0.2, -0.15) is 0 Å². The van der Waals surface area contributed by atoms with Crippen LogP contribution in [-0.2, 0) is 9.47 Å². The van der Waals surface area contributed by atoms with Gasteiger partial charge in [-0.3, -0.25) is 4.99 Å². The first kappa shape index (κ1) is 20.9. The number of nitrogens with two attached hydrogens (primary N) is 1. The molecule has 0 aromatic carbocycles. The maximum atomic E-state index is 5.78. The van der Waals surface area contributed by atoms with Crippen molar-refractivity contribution in [3.05, 3.63) is 0 Å². The maximum absolute atomic E-state index is 5.78. The van der Waals surface area contributed by atoms with Gasteiger partial charge in [0, 0.05) is 32.2 Å². The molecule has 0 amide bonds. The van der Waals surface area contributed by atoms with Crippen LogP contribution in [-0.4, -0.2) is 45.5 Å². The van der Waals surface area contributed by atoms with E-state index < -0.39 is 0 Å². The van der Waals surface area contributed by atoms with E-state index in [4.69, 9.17) is 15.2 Å². The first-order valence-electron chi connectivity index (χ1n) is 8.02. The van der Waals surface area contributed by atoms with Crippen LogP contribution < -0.4 is 11.1 Å². The molecule has 0 radical (unpaired) electrons. The monoisotopic (exact) mass is 413 g/mol. The van der Waals surface area contributed by atoms with E-state index in [2.05, 4.69) is 17.2 Å². The number of nitrogens with zero attached hydrogens (tertiary/aromatic N) is 1. The smallest absolute Gasteiger partial charge is 0.188 e. The minimum Gasteiger partial charge on any atom is -0.381 e. The van der Waals surface area contributed by atoms with Crippen LogP contribution in [0.15, 0.2) is 4.99 Å². The summed E-state index contributed by atoms with van der Waals surface area (Å²) in [6, 6.07) is 0. The van der Waals surface area contributed by atoms with E-state index in [1.807, 2.05) is 0 Å². The SMILES string of the molecule is CCCCCCNC(N)=NCCCOCC1CCOC1.I. The van der Waals surface area contributed by atoms with Gasteiger partial charge in [-0.25, -0.2) is 0 Å². The molecule has 126 valence electrons. The van der Waals surface area contributed by atoms with Crippen molar-refractivity contribution < 1.29 is 9.47 Å². The van der Waals surface area contributed by atoms with E-state index in [0.29, 0.717) is 11.9 Å². The highest BCUT2D eigenvalue weighted by Crippen LogP contribution is 2.12. The highest BCUT2D eigenvalue weighted by molar-refractivity contribution is 14.0. The van der Waals surface area contributed by atoms with Crippen molar-refractivity contribution in [1.29, 1.82) is 0 Å². The number of guanidine groups is 1. The minimum absolute atomic E-state index is 0. The molecule has 3 N–H and O–H groups in total. The van der Waals surface area contributed by atoms with Crippen LogP contribution in [0.25, 0.3) is 0 Å². The second-order valence-electron chi connectivity index (χ2n) is 5.41. The van der Waals surface area contributed by atoms with Crippen molar-refractivity contribution in [1.82, 2.24) is 5.32 Å². The van der Waals surface area contributed by atoms with E-state index in [1.165, 1.54) is 19.3 Å². The van der Waals surface area contributed by atoms with Crippen molar-refractivity contribution in [2.75, 3.05) is 39.5 Å². The van der Waals surface area contributed by atoms with Gasteiger partial charge in [-0.15, -0.1) is 24.0 Å². The molecule has 1 fully saturated rings. The number of aliphatic imine (C=N–C) groups is 1. The van der Waals surface area contributed by atoms with Gasteiger partial charge in [0.25, 0.3) is 0 Å². The Morgan fingerprint density at radius 2 is 2.19 bits per heavy atom. The van der Waals surface area contributed by atoms with Gasteiger partial charge in [-0.1, -0.05) is 26.2 Å². The molecule has 1 aliphatic heterocycles. The Morgan fingerprint density at radius 3 is 2.90 bits per heavy atom. The lowest BCUT2D eigenvalue weighted by atomic mass is 10.1. The van der Waals surface area contributed by atoms with Crippen molar-refractivity contribution in [2.45, 2.75) is 45.4 Å². The Bertz CT molecular complexity index is 259. The molecule has 1 heterocycles. The first-order valence-corrected chi connectivity index (χ1v) is 8.02. The fourth-order valence-electron chi connectivity index (χ4n) is 2.16. The van der Waals surface area contributed by atoms with E-state index in [-0.39, 0.29) is 24.0 Å². The third-order valence-corrected chi connectivity index (χ3v) is 3.44. The third-order valence-electron chi connectivity index (χ3n) is 3.44. The van der Waals surface area contributed by atoms with Gasteiger partial charge in [0.1, 0.15) is 0 Å². The summed E-state index contributed by atoms with van der Waals surface area (Å²) >= 11 is 0. The summed E-state index contributed by atoms with van der Waals surface area (Å²) in [6.45, 7) is 7.18. The molecule has 0 saturated carbocycles. The molecular formula is C15H32IN3O2.